The predicted octanol–water partition coefficient (Wildman–Crippen LogP) is 2.87. The first-order valence-corrected chi connectivity index (χ1v) is 12.2. The minimum Gasteiger partial charge on any atom is -0.289 e. The zero-order chi connectivity index (χ0) is 23.7. The lowest BCUT2D eigenvalue weighted by Crippen LogP contribution is -2.55. The number of nitrogens with one attached hydrogen (secondary N) is 3. The van der Waals surface area contributed by atoms with Gasteiger partial charge in [0.05, 0.1) is 17.6 Å². The molecule has 2 amide bonds. The standard InChI is InChI=1S/C22H35N3O5S/c1-16(2)14-22(15-17(3)4,21(27)23-25-31(5,29)30)19(20(26)24-28)13-9-12-18-10-7-6-8-11-18/h6-12,16-17,19,25,28H,13-15H2,1-5H3,(H,23,27)(H,24,26)/b12-9+. The summed E-state index contributed by atoms with van der Waals surface area (Å²) >= 11 is 0. The third-order valence-corrected chi connectivity index (χ3v) is 5.40. The second-order valence-electron chi connectivity index (χ2n) is 8.76. The van der Waals surface area contributed by atoms with E-state index in [-0.39, 0.29) is 18.3 Å². The number of carbonyl (C=O) groups excluding carboxylic acids is 2. The Hall–Kier alpha value is -2.23. The van der Waals surface area contributed by atoms with Crippen LogP contribution >= 0.6 is 0 Å². The maximum absolute atomic E-state index is 13.4. The van der Waals surface area contributed by atoms with Gasteiger partial charge in [-0.15, -0.1) is 4.83 Å². The highest BCUT2D eigenvalue weighted by atomic mass is 32.2. The number of sulfonamides is 1. The van der Waals surface area contributed by atoms with Crippen LogP contribution in [0.2, 0.25) is 0 Å². The van der Waals surface area contributed by atoms with E-state index in [4.69, 9.17) is 0 Å². The number of hydrogen-bond donors (Lipinski definition) is 4. The van der Waals surface area contributed by atoms with Gasteiger partial charge in [-0.25, -0.2) is 13.9 Å². The number of rotatable bonds is 12. The van der Waals surface area contributed by atoms with Gasteiger partial charge < -0.3 is 0 Å². The van der Waals surface area contributed by atoms with E-state index in [1.54, 1.807) is 11.6 Å². The van der Waals surface area contributed by atoms with Crippen LogP contribution in [0.25, 0.3) is 6.08 Å². The van der Waals surface area contributed by atoms with E-state index in [1.165, 1.54) is 0 Å². The van der Waals surface area contributed by atoms with Gasteiger partial charge in [-0.2, -0.15) is 0 Å². The number of benzene rings is 1. The van der Waals surface area contributed by atoms with Crippen molar-refractivity contribution in [2.24, 2.45) is 23.2 Å². The molecule has 1 aromatic rings. The van der Waals surface area contributed by atoms with Crippen molar-refractivity contribution in [1.29, 1.82) is 0 Å². The van der Waals surface area contributed by atoms with Crippen molar-refractivity contribution in [3.8, 4) is 0 Å². The molecular weight excluding hydrogens is 418 g/mol. The number of allylic oxidation sites excluding steroid dienone is 1. The normalized spacial score (nSPS) is 13.5. The van der Waals surface area contributed by atoms with E-state index in [2.05, 4.69) is 5.43 Å². The molecule has 0 saturated heterocycles. The third-order valence-electron chi connectivity index (χ3n) is 4.92. The van der Waals surface area contributed by atoms with Crippen LogP contribution in [0.15, 0.2) is 36.4 Å². The monoisotopic (exact) mass is 453 g/mol. The number of amides is 2. The SMILES string of the molecule is CC(C)CC(CC(C)C)(C(=O)NNS(C)(=O)=O)C(C/C=C/c1ccccc1)C(=O)NO. The van der Waals surface area contributed by atoms with Crippen molar-refractivity contribution >= 4 is 27.9 Å². The van der Waals surface area contributed by atoms with Crippen LogP contribution in [-0.4, -0.2) is 31.7 Å². The molecule has 8 nitrogen and oxygen atoms in total. The van der Waals surface area contributed by atoms with Gasteiger partial charge >= 0.3 is 0 Å². The van der Waals surface area contributed by atoms with Crippen LogP contribution in [0.5, 0.6) is 0 Å². The van der Waals surface area contributed by atoms with Crippen LogP contribution < -0.4 is 15.7 Å². The van der Waals surface area contributed by atoms with Crippen LogP contribution in [0.4, 0.5) is 0 Å². The van der Waals surface area contributed by atoms with Crippen molar-refractivity contribution in [2.75, 3.05) is 6.26 Å². The lowest BCUT2D eigenvalue weighted by molar-refractivity contribution is -0.149. The molecular formula is C22H35N3O5S. The van der Waals surface area contributed by atoms with Gasteiger partial charge in [-0.05, 0) is 36.7 Å². The van der Waals surface area contributed by atoms with Gasteiger partial charge in [0.2, 0.25) is 21.8 Å². The van der Waals surface area contributed by atoms with Gasteiger partial charge in [0.15, 0.2) is 0 Å². The molecule has 0 aromatic heterocycles. The summed E-state index contributed by atoms with van der Waals surface area (Å²) in [5, 5.41) is 9.43. The van der Waals surface area contributed by atoms with Crippen LogP contribution in [0.3, 0.4) is 0 Å². The average Bonchev–Trinajstić information content (AvgIpc) is 2.67. The molecule has 1 rings (SSSR count). The Balaban J connectivity index is 3.41. The molecule has 0 saturated carbocycles. The Morgan fingerprint density at radius 2 is 1.61 bits per heavy atom. The Labute approximate surface area is 185 Å². The van der Waals surface area contributed by atoms with Crippen LogP contribution in [0.1, 0.15) is 52.5 Å². The Kier molecular flexibility index (Phi) is 10.4. The van der Waals surface area contributed by atoms with E-state index in [0.717, 1.165) is 11.8 Å². The van der Waals surface area contributed by atoms with Gasteiger partial charge in [0, 0.05) is 0 Å². The van der Waals surface area contributed by atoms with E-state index in [9.17, 15) is 23.2 Å². The molecule has 174 valence electrons. The second-order valence-corrected chi connectivity index (χ2v) is 10.5. The Bertz CT molecular complexity index is 841. The second kappa shape index (κ2) is 12.0. The molecule has 31 heavy (non-hydrogen) atoms. The summed E-state index contributed by atoms with van der Waals surface area (Å²) in [5.41, 5.74) is 3.68. The molecule has 0 aliphatic rings. The molecule has 0 heterocycles. The fourth-order valence-corrected chi connectivity index (χ4v) is 4.28. The first kappa shape index (κ1) is 26.8. The van der Waals surface area contributed by atoms with Gasteiger partial charge in [0.1, 0.15) is 0 Å². The first-order chi connectivity index (χ1) is 14.4. The molecule has 1 unspecified atom stereocenters. The zero-order valence-electron chi connectivity index (χ0n) is 18.9. The van der Waals surface area contributed by atoms with Crippen molar-refractivity contribution in [2.45, 2.75) is 47.0 Å². The molecule has 0 bridgehead atoms. The first-order valence-electron chi connectivity index (χ1n) is 10.3. The van der Waals surface area contributed by atoms with E-state index in [1.807, 2.05) is 68.9 Å². The Morgan fingerprint density at radius 1 is 1.06 bits per heavy atom. The number of hydroxylamine groups is 1. The highest BCUT2D eigenvalue weighted by Crippen LogP contribution is 2.43. The summed E-state index contributed by atoms with van der Waals surface area (Å²) in [6.07, 6.45) is 5.43. The van der Waals surface area contributed by atoms with E-state index >= 15 is 0 Å². The van der Waals surface area contributed by atoms with Crippen molar-refractivity contribution in [3.63, 3.8) is 0 Å². The fourth-order valence-electron chi connectivity index (χ4n) is 4.00. The summed E-state index contributed by atoms with van der Waals surface area (Å²) < 4.78 is 23.1. The smallest absolute Gasteiger partial charge is 0.247 e. The molecule has 1 atom stereocenters. The zero-order valence-corrected chi connectivity index (χ0v) is 19.7. The predicted molar refractivity (Wildman–Crippen MR) is 121 cm³/mol. The summed E-state index contributed by atoms with van der Waals surface area (Å²) in [6.45, 7) is 7.72. The fraction of sp³-hybridized carbons (Fsp3) is 0.545. The molecule has 9 heteroatoms. The van der Waals surface area contributed by atoms with Crippen LogP contribution in [-0.2, 0) is 19.6 Å². The highest BCUT2D eigenvalue weighted by molar-refractivity contribution is 7.88. The lowest BCUT2D eigenvalue weighted by Gasteiger charge is -2.40. The van der Waals surface area contributed by atoms with Crippen molar-refractivity contribution in [3.05, 3.63) is 42.0 Å². The number of hydrogen-bond acceptors (Lipinski definition) is 5. The summed E-state index contributed by atoms with van der Waals surface area (Å²) in [6, 6.07) is 9.51. The quantitative estimate of drug-likeness (QED) is 0.286. The minimum atomic E-state index is -3.69. The van der Waals surface area contributed by atoms with Crippen molar-refractivity contribution < 1.29 is 23.2 Å². The molecule has 0 aliphatic heterocycles. The number of carbonyl (C=O) groups is 2. The largest absolute Gasteiger partial charge is 0.289 e. The molecule has 0 radical (unpaired) electrons. The van der Waals surface area contributed by atoms with Gasteiger partial charge in [-0.3, -0.25) is 20.2 Å². The third kappa shape index (κ3) is 8.80. The average molecular weight is 454 g/mol. The summed E-state index contributed by atoms with van der Waals surface area (Å²) in [4.78, 5) is 28.1. The van der Waals surface area contributed by atoms with Crippen molar-refractivity contribution in [1.82, 2.24) is 15.7 Å². The minimum absolute atomic E-state index is 0.0369. The number of hydrazine groups is 1. The lowest BCUT2D eigenvalue weighted by atomic mass is 9.64. The molecule has 4 N–H and O–H groups in total. The maximum Gasteiger partial charge on any atom is 0.247 e. The van der Waals surface area contributed by atoms with E-state index < -0.39 is 33.2 Å². The topological polar surface area (TPSA) is 125 Å². The molecule has 0 aliphatic carbocycles. The molecule has 1 aromatic carbocycles. The van der Waals surface area contributed by atoms with E-state index in [0.29, 0.717) is 12.8 Å². The molecule has 0 spiro atoms. The van der Waals surface area contributed by atoms with Gasteiger partial charge in [-0.1, -0.05) is 70.2 Å². The maximum atomic E-state index is 13.4. The van der Waals surface area contributed by atoms with Gasteiger partial charge in [0.25, 0.3) is 0 Å². The Morgan fingerprint density at radius 3 is 2.06 bits per heavy atom. The summed E-state index contributed by atoms with van der Waals surface area (Å²) in [5.74, 6) is -2.12. The molecule has 0 fully saturated rings. The highest BCUT2D eigenvalue weighted by Gasteiger charge is 2.49. The summed E-state index contributed by atoms with van der Waals surface area (Å²) in [7, 11) is -3.69. The van der Waals surface area contributed by atoms with Crippen LogP contribution in [0, 0.1) is 23.2 Å².